The molecule has 0 aliphatic heterocycles. The molecule has 0 saturated carbocycles. The second-order valence-corrected chi connectivity index (χ2v) is 9.48. The van der Waals surface area contributed by atoms with E-state index in [0.29, 0.717) is 18.4 Å². The fraction of sp³-hybridized carbons (Fsp3) is 0.478. The molecule has 0 radical (unpaired) electrons. The lowest BCUT2D eigenvalue weighted by atomic mass is 9.91. The van der Waals surface area contributed by atoms with Gasteiger partial charge in [0, 0.05) is 5.56 Å². The Bertz CT molecular complexity index is 1010. The number of ether oxygens (including phenoxy) is 2. The zero-order chi connectivity index (χ0) is 22.7. The van der Waals surface area contributed by atoms with Gasteiger partial charge in [-0.15, -0.1) is 0 Å². The Hall–Kier alpha value is -2.09. The Labute approximate surface area is 179 Å². The molecule has 2 rings (SSSR count). The Kier molecular flexibility index (Phi) is 7.55. The van der Waals surface area contributed by atoms with Gasteiger partial charge < -0.3 is 14.6 Å². The largest absolute Gasteiger partial charge is 0.496 e. The Morgan fingerprint density at radius 3 is 2.07 bits per heavy atom. The first-order chi connectivity index (χ1) is 13.9. The van der Waals surface area contributed by atoms with Crippen molar-refractivity contribution < 1.29 is 27.2 Å². The fourth-order valence-corrected chi connectivity index (χ4v) is 4.85. The van der Waals surface area contributed by atoms with E-state index < -0.39 is 15.7 Å². The van der Waals surface area contributed by atoms with Gasteiger partial charge in [-0.25, -0.2) is 0 Å². The van der Waals surface area contributed by atoms with Crippen LogP contribution in [0, 0.1) is 27.7 Å². The molecule has 0 unspecified atom stereocenters. The molecule has 0 heterocycles. The summed E-state index contributed by atoms with van der Waals surface area (Å²) >= 11 is 0. The van der Waals surface area contributed by atoms with Crippen molar-refractivity contribution >= 4 is 10.1 Å². The quantitative estimate of drug-likeness (QED) is 0.598. The van der Waals surface area contributed by atoms with Gasteiger partial charge in [-0.05, 0) is 75.8 Å². The fourth-order valence-electron chi connectivity index (χ4n) is 3.61. The maximum atomic E-state index is 12.5. The Morgan fingerprint density at radius 1 is 0.933 bits per heavy atom. The van der Waals surface area contributed by atoms with E-state index in [-0.39, 0.29) is 11.5 Å². The summed E-state index contributed by atoms with van der Waals surface area (Å²) in [6, 6.07) is 6.60. The topological polar surface area (TPSA) is 82.1 Å². The van der Waals surface area contributed by atoms with Crippen molar-refractivity contribution in [2.45, 2.75) is 58.0 Å². The first kappa shape index (κ1) is 24.2. The molecule has 2 aromatic rings. The van der Waals surface area contributed by atoms with Gasteiger partial charge >= 0.3 is 0 Å². The number of rotatable bonds is 9. The van der Waals surface area contributed by atoms with Crippen LogP contribution in [0.15, 0.2) is 29.2 Å². The van der Waals surface area contributed by atoms with Gasteiger partial charge in [-0.1, -0.05) is 18.2 Å². The van der Waals surface area contributed by atoms with Crippen LogP contribution in [0.3, 0.4) is 0 Å². The molecule has 0 saturated heterocycles. The minimum absolute atomic E-state index is 0.109. The maximum Gasteiger partial charge on any atom is 0.297 e. The van der Waals surface area contributed by atoms with E-state index >= 15 is 0 Å². The molecule has 2 aromatic carbocycles. The van der Waals surface area contributed by atoms with Gasteiger partial charge in [0.2, 0.25) is 0 Å². The summed E-state index contributed by atoms with van der Waals surface area (Å²) in [5.74, 6) is 1.55. The van der Waals surface area contributed by atoms with Crippen molar-refractivity contribution in [1.29, 1.82) is 0 Å². The normalized spacial score (nSPS) is 13.7. The van der Waals surface area contributed by atoms with Crippen molar-refractivity contribution in [3.63, 3.8) is 0 Å². The third kappa shape index (κ3) is 5.14. The molecule has 7 heteroatoms. The van der Waals surface area contributed by atoms with Crippen LogP contribution in [0.1, 0.15) is 41.2 Å². The van der Waals surface area contributed by atoms with Crippen LogP contribution in [0.5, 0.6) is 11.5 Å². The number of aliphatic hydroxyl groups is 1. The number of hydrogen-bond donors (Lipinski definition) is 1. The average Bonchev–Trinajstić information content (AvgIpc) is 2.69. The SMILES string of the molecule is COc1c(C)c(C)c(OC)c(CC[C@](C)(O)COS(=O)(=O)c2ccccc2C)c1C. The highest BCUT2D eigenvalue weighted by atomic mass is 32.2. The van der Waals surface area contributed by atoms with Crippen LogP contribution in [0.25, 0.3) is 0 Å². The average molecular weight is 437 g/mol. The smallest absolute Gasteiger partial charge is 0.297 e. The first-order valence-corrected chi connectivity index (χ1v) is 11.2. The lowest BCUT2D eigenvalue weighted by Gasteiger charge is -2.25. The van der Waals surface area contributed by atoms with Crippen LogP contribution in [0.2, 0.25) is 0 Å². The molecular weight excluding hydrogens is 404 g/mol. The summed E-state index contributed by atoms with van der Waals surface area (Å²) in [4.78, 5) is 0.109. The molecule has 1 N–H and O–H groups in total. The molecule has 30 heavy (non-hydrogen) atoms. The molecule has 6 nitrogen and oxygen atoms in total. The van der Waals surface area contributed by atoms with Crippen molar-refractivity contribution in [2.24, 2.45) is 0 Å². The summed E-state index contributed by atoms with van der Waals surface area (Å²) in [5, 5.41) is 10.8. The summed E-state index contributed by atoms with van der Waals surface area (Å²) < 4.78 is 41.4. The predicted molar refractivity (Wildman–Crippen MR) is 117 cm³/mol. The zero-order valence-electron chi connectivity index (χ0n) is 18.8. The van der Waals surface area contributed by atoms with E-state index in [1.165, 1.54) is 6.07 Å². The van der Waals surface area contributed by atoms with Gasteiger partial charge in [0.25, 0.3) is 10.1 Å². The van der Waals surface area contributed by atoms with E-state index in [0.717, 1.165) is 33.8 Å². The number of aryl methyl sites for hydroxylation is 1. The molecule has 0 fully saturated rings. The van der Waals surface area contributed by atoms with Gasteiger partial charge in [0.05, 0.1) is 31.3 Å². The van der Waals surface area contributed by atoms with Gasteiger partial charge in [0.15, 0.2) is 0 Å². The molecule has 0 spiro atoms. The summed E-state index contributed by atoms with van der Waals surface area (Å²) in [6.07, 6.45) is 0.770. The van der Waals surface area contributed by atoms with E-state index in [9.17, 15) is 13.5 Å². The highest BCUT2D eigenvalue weighted by Crippen LogP contribution is 2.38. The lowest BCUT2D eigenvalue weighted by molar-refractivity contribution is 0.00652. The second-order valence-electron chi connectivity index (χ2n) is 7.90. The minimum Gasteiger partial charge on any atom is -0.496 e. The van der Waals surface area contributed by atoms with Crippen molar-refractivity contribution in [2.75, 3.05) is 20.8 Å². The van der Waals surface area contributed by atoms with Crippen molar-refractivity contribution in [1.82, 2.24) is 0 Å². The monoisotopic (exact) mass is 436 g/mol. The molecular formula is C23H32O6S. The van der Waals surface area contributed by atoms with Crippen molar-refractivity contribution in [3.8, 4) is 11.5 Å². The second kappa shape index (κ2) is 9.37. The van der Waals surface area contributed by atoms with Crippen LogP contribution < -0.4 is 9.47 Å². The molecule has 0 aliphatic carbocycles. The van der Waals surface area contributed by atoms with E-state index in [2.05, 4.69) is 0 Å². The summed E-state index contributed by atoms with van der Waals surface area (Å²) in [7, 11) is -0.707. The molecule has 1 atom stereocenters. The first-order valence-electron chi connectivity index (χ1n) is 9.83. The third-order valence-electron chi connectivity index (χ3n) is 5.52. The van der Waals surface area contributed by atoms with Crippen LogP contribution in [-0.2, 0) is 20.7 Å². The Morgan fingerprint density at radius 2 is 1.50 bits per heavy atom. The summed E-state index contributed by atoms with van der Waals surface area (Å²) in [5.41, 5.74) is 3.11. The van der Waals surface area contributed by atoms with Crippen LogP contribution in [-0.4, -0.2) is 40.0 Å². The summed E-state index contributed by atoms with van der Waals surface area (Å²) in [6.45, 7) is 8.84. The van der Waals surface area contributed by atoms with E-state index in [1.54, 1.807) is 46.3 Å². The number of benzene rings is 2. The van der Waals surface area contributed by atoms with Crippen LogP contribution in [0.4, 0.5) is 0 Å². The molecule has 0 aliphatic rings. The van der Waals surface area contributed by atoms with Gasteiger partial charge in [-0.2, -0.15) is 8.42 Å². The van der Waals surface area contributed by atoms with Crippen LogP contribution >= 0.6 is 0 Å². The third-order valence-corrected chi connectivity index (χ3v) is 6.95. The van der Waals surface area contributed by atoms with E-state index in [4.69, 9.17) is 13.7 Å². The highest BCUT2D eigenvalue weighted by Gasteiger charge is 2.28. The van der Waals surface area contributed by atoms with Gasteiger partial charge in [-0.3, -0.25) is 4.18 Å². The molecule has 0 amide bonds. The molecule has 0 bridgehead atoms. The maximum absolute atomic E-state index is 12.5. The molecule has 166 valence electrons. The number of methoxy groups -OCH3 is 2. The Balaban J connectivity index is 2.19. The zero-order valence-corrected chi connectivity index (χ0v) is 19.6. The highest BCUT2D eigenvalue weighted by molar-refractivity contribution is 7.86. The standard InChI is InChI=1S/C23H32O6S/c1-15-10-8-9-11-20(15)30(25,26)29-14-23(5,24)13-12-19-18(4)21(27-6)16(2)17(3)22(19)28-7/h8-11,24H,12-14H2,1-7H3/t23-/m0/s1. The van der Waals surface area contributed by atoms with E-state index in [1.807, 2.05) is 20.8 Å². The van der Waals surface area contributed by atoms with Crippen molar-refractivity contribution in [3.05, 3.63) is 52.1 Å². The lowest BCUT2D eigenvalue weighted by Crippen LogP contribution is -2.33. The number of hydrogen-bond acceptors (Lipinski definition) is 6. The minimum atomic E-state index is -3.96. The molecule has 0 aromatic heterocycles. The predicted octanol–water partition coefficient (Wildman–Crippen LogP) is 4.03. The van der Waals surface area contributed by atoms with Gasteiger partial charge in [0.1, 0.15) is 11.5 Å².